The molecule has 0 amide bonds. The third-order valence-electron chi connectivity index (χ3n) is 2.85. The fraction of sp³-hybridized carbons (Fsp3) is 0.0769. The Bertz CT molecular complexity index is 730. The molecule has 0 spiro atoms. The minimum absolute atomic E-state index is 0.0291. The molecule has 0 aromatic heterocycles. The summed E-state index contributed by atoms with van der Waals surface area (Å²) in [5.41, 5.74) is 5.78. The first kappa shape index (κ1) is 14.1. The lowest BCUT2D eigenvalue weighted by atomic mass is 10.3. The third-order valence-corrected chi connectivity index (χ3v) is 4.63. The van der Waals surface area contributed by atoms with Gasteiger partial charge in [-0.15, -0.1) is 0 Å². The maximum absolute atomic E-state index is 12.9. The van der Waals surface area contributed by atoms with Crippen molar-refractivity contribution >= 4 is 21.4 Å². The molecule has 7 heteroatoms. The van der Waals surface area contributed by atoms with Crippen LogP contribution in [0.3, 0.4) is 0 Å². The number of phenolic OH excluding ortho intramolecular Hbond substituents is 1. The van der Waals surface area contributed by atoms with Crippen molar-refractivity contribution in [3.8, 4) is 5.75 Å². The molecule has 0 unspecified atom stereocenters. The number of hydrogen-bond donors (Lipinski definition) is 2. The minimum Gasteiger partial charge on any atom is -0.506 e. The van der Waals surface area contributed by atoms with E-state index in [0.29, 0.717) is 5.69 Å². The number of nitrogens with zero attached hydrogens (tertiary/aromatic N) is 1. The zero-order valence-corrected chi connectivity index (χ0v) is 11.4. The van der Waals surface area contributed by atoms with Crippen LogP contribution in [0.15, 0.2) is 47.4 Å². The number of sulfonamides is 1. The van der Waals surface area contributed by atoms with E-state index in [9.17, 15) is 17.9 Å². The molecule has 0 aliphatic rings. The molecule has 0 aliphatic carbocycles. The Morgan fingerprint density at radius 3 is 2.30 bits per heavy atom. The summed E-state index contributed by atoms with van der Waals surface area (Å²) in [7, 11) is -2.47. The molecule has 2 aromatic rings. The van der Waals surface area contributed by atoms with Crippen LogP contribution in [0, 0.1) is 5.82 Å². The number of anilines is 2. The van der Waals surface area contributed by atoms with Crippen molar-refractivity contribution in [2.24, 2.45) is 0 Å². The second-order valence-electron chi connectivity index (χ2n) is 4.17. The number of aromatic hydroxyl groups is 1. The molecule has 20 heavy (non-hydrogen) atoms. The number of halogens is 1. The van der Waals surface area contributed by atoms with Crippen molar-refractivity contribution < 1.29 is 17.9 Å². The topological polar surface area (TPSA) is 83.6 Å². The summed E-state index contributed by atoms with van der Waals surface area (Å²) >= 11 is 0. The standard InChI is InChI=1S/C13H13FN2O3S/c1-16(10-4-2-9(14)3-5-10)20(18,19)11-6-7-13(17)12(15)8-11/h2-8,17H,15H2,1H3. The average molecular weight is 296 g/mol. The molecule has 2 rings (SSSR count). The largest absolute Gasteiger partial charge is 0.506 e. The third kappa shape index (κ3) is 2.53. The zero-order chi connectivity index (χ0) is 14.9. The van der Waals surface area contributed by atoms with Crippen LogP contribution in [0.25, 0.3) is 0 Å². The molecule has 0 bridgehead atoms. The lowest BCUT2D eigenvalue weighted by Gasteiger charge is -2.19. The van der Waals surface area contributed by atoms with Crippen molar-refractivity contribution in [3.63, 3.8) is 0 Å². The van der Waals surface area contributed by atoms with Crippen LogP contribution in [0.5, 0.6) is 5.75 Å². The van der Waals surface area contributed by atoms with E-state index in [2.05, 4.69) is 0 Å². The highest BCUT2D eigenvalue weighted by Crippen LogP contribution is 2.27. The van der Waals surface area contributed by atoms with E-state index in [-0.39, 0.29) is 16.3 Å². The van der Waals surface area contributed by atoms with Crippen molar-refractivity contribution in [2.75, 3.05) is 17.1 Å². The van der Waals surface area contributed by atoms with Gasteiger partial charge in [-0.3, -0.25) is 4.31 Å². The lowest BCUT2D eigenvalue weighted by molar-refractivity contribution is 0.477. The Hall–Kier alpha value is -2.28. The quantitative estimate of drug-likeness (QED) is 0.669. The fourth-order valence-corrected chi connectivity index (χ4v) is 2.87. The summed E-state index contributed by atoms with van der Waals surface area (Å²) in [4.78, 5) is -0.0559. The van der Waals surface area contributed by atoms with Crippen molar-refractivity contribution in [1.82, 2.24) is 0 Å². The van der Waals surface area contributed by atoms with Crippen molar-refractivity contribution in [3.05, 3.63) is 48.3 Å². The number of nitrogens with two attached hydrogens (primary N) is 1. The molecule has 0 heterocycles. The van der Waals surface area contributed by atoms with Gasteiger partial charge < -0.3 is 10.8 Å². The first-order valence-electron chi connectivity index (χ1n) is 5.65. The Morgan fingerprint density at radius 2 is 1.75 bits per heavy atom. The Kier molecular flexibility index (Phi) is 3.54. The smallest absolute Gasteiger partial charge is 0.264 e. The summed E-state index contributed by atoms with van der Waals surface area (Å²) in [5, 5.41) is 9.32. The van der Waals surface area contributed by atoms with Crippen LogP contribution in [0.4, 0.5) is 15.8 Å². The predicted octanol–water partition coefficient (Wildman–Crippen LogP) is 1.94. The van der Waals surface area contributed by atoms with Gasteiger partial charge in [-0.25, -0.2) is 12.8 Å². The van der Waals surface area contributed by atoms with Crippen LogP contribution in [-0.4, -0.2) is 20.6 Å². The second kappa shape index (κ2) is 5.01. The summed E-state index contributed by atoms with van der Waals surface area (Å²) < 4.78 is 38.6. The molecule has 0 atom stereocenters. The minimum atomic E-state index is -3.82. The first-order chi connectivity index (χ1) is 9.32. The molecule has 0 saturated carbocycles. The van der Waals surface area contributed by atoms with Gasteiger partial charge in [0, 0.05) is 7.05 Å². The van der Waals surface area contributed by atoms with Gasteiger partial charge in [-0.2, -0.15) is 0 Å². The number of benzene rings is 2. The SMILES string of the molecule is CN(c1ccc(F)cc1)S(=O)(=O)c1ccc(O)c(N)c1. The van der Waals surface area contributed by atoms with Crippen LogP contribution in [0.1, 0.15) is 0 Å². The lowest BCUT2D eigenvalue weighted by Crippen LogP contribution is -2.26. The normalized spacial score (nSPS) is 11.3. The second-order valence-corrected chi connectivity index (χ2v) is 6.14. The number of nitrogen functional groups attached to an aromatic ring is 1. The van der Waals surface area contributed by atoms with Gasteiger partial charge in [0.25, 0.3) is 10.0 Å². The summed E-state index contributed by atoms with van der Waals surface area (Å²) in [6.45, 7) is 0. The van der Waals surface area contributed by atoms with E-state index >= 15 is 0 Å². The fourth-order valence-electron chi connectivity index (χ4n) is 1.64. The van der Waals surface area contributed by atoms with Crippen molar-refractivity contribution in [1.29, 1.82) is 0 Å². The van der Waals surface area contributed by atoms with Gasteiger partial charge in [-0.05, 0) is 42.5 Å². The highest BCUT2D eigenvalue weighted by molar-refractivity contribution is 7.92. The molecule has 2 aromatic carbocycles. The molecular formula is C13H13FN2O3S. The van der Waals surface area contributed by atoms with E-state index in [4.69, 9.17) is 5.73 Å². The van der Waals surface area contributed by atoms with Gasteiger partial charge in [0.1, 0.15) is 11.6 Å². The van der Waals surface area contributed by atoms with E-state index in [0.717, 1.165) is 4.31 Å². The van der Waals surface area contributed by atoms with Gasteiger partial charge in [0.15, 0.2) is 0 Å². The van der Waals surface area contributed by atoms with Gasteiger partial charge in [0.2, 0.25) is 0 Å². The molecule has 0 radical (unpaired) electrons. The maximum Gasteiger partial charge on any atom is 0.264 e. The average Bonchev–Trinajstić information content (AvgIpc) is 2.41. The molecular weight excluding hydrogens is 283 g/mol. The summed E-state index contributed by atoms with van der Waals surface area (Å²) in [5.74, 6) is -0.637. The van der Waals surface area contributed by atoms with E-state index in [1.807, 2.05) is 0 Å². The monoisotopic (exact) mass is 296 g/mol. The number of rotatable bonds is 3. The van der Waals surface area contributed by atoms with Crippen LogP contribution >= 0.6 is 0 Å². The highest BCUT2D eigenvalue weighted by atomic mass is 32.2. The predicted molar refractivity (Wildman–Crippen MR) is 74.5 cm³/mol. The van der Waals surface area contributed by atoms with Crippen molar-refractivity contribution in [2.45, 2.75) is 4.90 Å². The maximum atomic E-state index is 12.9. The van der Waals surface area contributed by atoms with Crippen LogP contribution in [0.2, 0.25) is 0 Å². The Balaban J connectivity index is 2.43. The number of phenols is 1. The highest BCUT2D eigenvalue weighted by Gasteiger charge is 2.22. The zero-order valence-electron chi connectivity index (χ0n) is 10.6. The Labute approximate surface area is 116 Å². The molecule has 3 N–H and O–H groups in total. The van der Waals surface area contributed by atoms with Crippen LogP contribution in [-0.2, 0) is 10.0 Å². The summed E-state index contributed by atoms with van der Waals surface area (Å²) in [6, 6.07) is 8.69. The molecule has 0 saturated heterocycles. The Morgan fingerprint density at radius 1 is 1.15 bits per heavy atom. The van der Waals surface area contributed by atoms with Gasteiger partial charge in [0.05, 0.1) is 16.3 Å². The van der Waals surface area contributed by atoms with Crippen LogP contribution < -0.4 is 10.0 Å². The van der Waals surface area contributed by atoms with E-state index in [1.54, 1.807) is 0 Å². The molecule has 0 fully saturated rings. The van der Waals surface area contributed by atoms with Gasteiger partial charge >= 0.3 is 0 Å². The number of hydrogen-bond acceptors (Lipinski definition) is 4. The molecule has 106 valence electrons. The first-order valence-corrected chi connectivity index (χ1v) is 7.09. The van der Waals surface area contributed by atoms with E-state index < -0.39 is 15.8 Å². The molecule has 5 nitrogen and oxygen atoms in total. The van der Waals surface area contributed by atoms with Gasteiger partial charge in [-0.1, -0.05) is 0 Å². The molecule has 0 aliphatic heterocycles. The van der Waals surface area contributed by atoms with E-state index in [1.165, 1.54) is 49.5 Å². The summed E-state index contributed by atoms with van der Waals surface area (Å²) in [6.07, 6.45) is 0.